The van der Waals surface area contributed by atoms with Gasteiger partial charge in [-0.1, -0.05) is 153 Å². The summed E-state index contributed by atoms with van der Waals surface area (Å²) in [6.07, 6.45) is 18.3. The Kier molecular flexibility index (Phi) is 8.11. The number of hydrogen-bond donors (Lipinski definition) is 0. The van der Waals surface area contributed by atoms with Gasteiger partial charge in [-0.15, -0.1) is 0 Å². The molecule has 2 heterocycles. The fraction of sp³-hybridized carbons (Fsp3) is 0.143. The number of anilines is 3. The molecule has 14 rings (SSSR count). The van der Waals surface area contributed by atoms with E-state index in [1.54, 1.807) is 0 Å². The number of allylic oxidation sites excluding steroid dienone is 9. The third-order valence-electron chi connectivity index (χ3n) is 15.5. The van der Waals surface area contributed by atoms with Crippen LogP contribution in [0.5, 0.6) is 0 Å². The highest BCUT2D eigenvalue weighted by atomic mass is 16.3. The minimum atomic E-state index is -0.497. The molecule has 0 fully saturated rings. The third kappa shape index (κ3) is 5.14. The van der Waals surface area contributed by atoms with Gasteiger partial charge in [0.1, 0.15) is 11.5 Å². The Bertz CT molecular complexity index is 3640. The fourth-order valence-electron chi connectivity index (χ4n) is 12.7. The van der Waals surface area contributed by atoms with Gasteiger partial charge in [0.25, 0.3) is 0 Å². The molecule has 5 aliphatic rings. The van der Waals surface area contributed by atoms with Gasteiger partial charge in [-0.05, 0) is 131 Å². The van der Waals surface area contributed by atoms with E-state index in [0.29, 0.717) is 11.8 Å². The summed E-state index contributed by atoms with van der Waals surface area (Å²) in [6, 6.07) is 58.6. The molecule has 9 aromatic rings. The summed E-state index contributed by atoms with van der Waals surface area (Å²) in [5, 5.41) is 5.06. The van der Waals surface area contributed by atoms with Crippen LogP contribution < -0.4 is 4.90 Å². The van der Waals surface area contributed by atoms with Crippen molar-refractivity contribution in [3.05, 3.63) is 233 Å². The van der Waals surface area contributed by atoms with Crippen LogP contribution in [0.1, 0.15) is 84.6 Å². The smallest absolute Gasteiger partial charge is 0.140 e. The lowest BCUT2D eigenvalue weighted by Gasteiger charge is -2.37. The molecule has 0 aliphatic heterocycles. The summed E-state index contributed by atoms with van der Waals surface area (Å²) in [5.41, 5.74) is 20.3. The Morgan fingerprint density at radius 2 is 1.32 bits per heavy atom. The van der Waals surface area contributed by atoms with E-state index in [4.69, 9.17) is 4.42 Å². The molecule has 0 radical (unpaired) electrons. The summed E-state index contributed by atoms with van der Waals surface area (Å²) in [7, 11) is 0. The maximum absolute atomic E-state index is 7.34. The molecule has 0 bridgehead atoms. The molecule has 3 nitrogen and oxygen atoms in total. The van der Waals surface area contributed by atoms with Gasteiger partial charge < -0.3 is 13.9 Å². The van der Waals surface area contributed by atoms with Crippen molar-refractivity contribution >= 4 is 72.6 Å². The van der Waals surface area contributed by atoms with Gasteiger partial charge in [0.05, 0.1) is 22.1 Å². The monoisotopic (exact) mass is 848 g/mol. The second-order valence-corrected chi connectivity index (χ2v) is 19.1. The van der Waals surface area contributed by atoms with Gasteiger partial charge in [-0.2, -0.15) is 0 Å². The van der Waals surface area contributed by atoms with Gasteiger partial charge in [-0.25, -0.2) is 0 Å². The molecule has 5 aliphatic carbocycles. The first kappa shape index (κ1) is 37.7. The van der Waals surface area contributed by atoms with Crippen LogP contribution in [0, 0.1) is 5.92 Å². The molecule has 3 atom stereocenters. The average molecular weight is 849 g/mol. The standard InChI is InChI=1S/C63H48N2O/c1-39-15-12-24-51-48-35-31-43(41-29-32-45(33-30-41)65-57-26-10-8-22-49(57)50-23-9-11-27-58(50)65)37-55(48)63(59(39)51)54-36-34-46(38-53(54)62-60(63)52-25-13-16-40(2)61(52)66-62)64(44-19-4-3-5-20-44)56-28-14-18-42-17-6-7-21-47(42)56/h3-14,17-29,31-32,34-40H,15-16,30,33H2,1-2H3. The summed E-state index contributed by atoms with van der Waals surface area (Å²) < 4.78 is 9.83. The molecule has 7 aromatic carbocycles. The maximum atomic E-state index is 7.34. The van der Waals surface area contributed by atoms with Crippen LogP contribution in [0.25, 0.3) is 66.8 Å². The van der Waals surface area contributed by atoms with E-state index < -0.39 is 5.41 Å². The molecule has 66 heavy (non-hydrogen) atoms. The number of hydrogen-bond acceptors (Lipinski definition) is 2. The topological polar surface area (TPSA) is 21.3 Å². The molecular weight excluding hydrogens is 801 g/mol. The molecule has 3 heteroatoms. The largest absolute Gasteiger partial charge is 0.460 e. The van der Waals surface area contributed by atoms with Crippen molar-refractivity contribution in [3.63, 3.8) is 0 Å². The van der Waals surface area contributed by atoms with E-state index >= 15 is 0 Å². The van der Waals surface area contributed by atoms with Crippen molar-refractivity contribution in [3.8, 4) is 11.3 Å². The molecule has 2 aromatic heterocycles. The molecule has 0 saturated heterocycles. The van der Waals surface area contributed by atoms with Crippen LogP contribution in [-0.4, -0.2) is 4.57 Å². The molecular formula is C63H48N2O. The first-order chi connectivity index (χ1) is 32.6. The van der Waals surface area contributed by atoms with Gasteiger partial charge >= 0.3 is 0 Å². The maximum Gasteiger partial charge on any atom is 0.140 e. The van der Waals surface area contributed by atoms with Crippen LogP contribution in [0.4, 0.5) is 17.1 Å². The van der Waals surface area contributed by atoms with Gasteiger partial charge in [-0.3, -0.25) is 0 Å². The van der Waals surface area contributed by atoms with E-state index in [0.717, 1.165) is 54.3 Å². The highest BCUT2D eigenvalue weighted by Gasteiger charge is 2.57. The van der Waals surface area contributed by atoms with E-state index in [1.807, 2.05) is 0 Å². The first-order valence-corrected chi connectivity index (χ1v) is 23.8. The van der Waals surface area contributed by atoms with Crippen molar-refractivity contribution in [2.24, 2.45) is 5.92 Å². The lowest BCUT2D eigenvalue weighted by Crippen LogP contribution is -2.31. The fourth-order valence-corrected chi connectivity index (χ4v) is 12.7. The molecule has 0 saturated carbocycles. The minimum absolute atomic E-state index is 0.294. The SMILES string of the molecule is CC1CC=CC2=C1C1(c3cc(C4=CC=C(n5c6ccccc6c6ccccc65)CC4)ccc32)c2ccc(N(c3ccccc3)c3cccc4ccccc34)cc2-c2oc3c(c21)C=CCC3C. The Morgan fingerprint density at radius 1 is 0.591 bits per heavy atom. The van der Waals surface area contributed by atoms with Gasteiger partial charge in [0.15, 0.2) is 0 Å². The predicted octanol–water partition coefficient (Wildman–Crippen LogP) is 16.9. The van der Waals surface area contributed by atoms with E-state index in [2.05, 4.69) is 217 Å². The molecule has 0 amide bonds. The summed E-state index contributed by atoms with van der Waals surface area (Å²) in [6.45, 7) is 4.78. The highest BCUT2D eigenvalue weighted by Crippen LogP contribution is 2.67. The van der Waals surface area contributed by atoms with Crippen LogP contribution in [0.3, 0.4) is 0 Å². The van der Waals surface area contributed by atoms with Crippen LogP contribution in [-0.2, 0) is 5.41 Å². The van der Waals surface area contributed by atoms with E-state index in [1.165, 1.54) is 93.9 Å². The number of fused-ring (bicyclic) bond motifs is 15. The van der Waals surface area contributed by atoms with Crippen LogP contribution in [0.2, 0.25) is 0 Å². The van der Waals surface area contributed by atoms with Gasteiger partial charge in [0.2, 0.25) is 0 Å². The second kappa shape index (κ2) is 14.2. The molecule has 0 N–H and O–H groups in total. The zero-order valence-corrected chi connectivity index (χ0v) is 37.3. The normalized spacial score (nSPS) is 20.1. The Labute approximate surface area is 385 Å². The Hall–Kier alpha value is -7.62. The number of benzene rings is 7. The first-order valence-electron chi connectivity index (χ1n) is 23.8. The lowest BCUT2D eigenvalue weighted by molar-refractivity contribution is 0.483. The highest BCUT2D eigenvalue weighted by molar-refractivity contribution is 6.10. The van der Waals surface area contributed by atoms with Crippen molar-refractivity contribution in [1.29, 1.82) is 0 Å². The summed E-state index contributed by atoms with van der Waals surface area (Å²) in [4.78, 5) is 2.44. The molecule has 3 unspecified atom stereocenters. The average Bonchev–Trinajstić information content (AvgIpc) is 4.09. The van der Waals surface area contributed by atoms with Crippen molar-refractivity contribution < 1.29 is 4.42 Å². The summed E-state index contributed by atoms with van der Waals surface area (Å²) in [5.74, 6) is 2.79. The van der Waals surface area contributed by atoms with Crippen LogP contribution >= 0.6 is 0 Å². The quantitative estimate of drug-likeness (QED) is 0.172. The van der Waals surface area contributed by atoms with Gasteiger partial charge in [0, 0.05) is 55.8 Å². The lowest BCUT2D eigenvalue weighted by atomic mass is 9.64. The number of nitrogens with zero attached hydrogens (tertiary/aromatic N) is 2. The Balaban J connectivity index is 0.983. The molecule has 316 valence electrons. The second-order valence-electron chi connectivity index (χ2n) is 19.1. The zero-order chi connectivity index (χ0) is 43.7. The number of rotatable bonds is 5. The van der Waals surface area contributed by atoms with E-state index in [-0.39, 0.29) is 0 Å². The Morgan fingerprint density at radius 3 is 2.12 bits per heavy atom. The van der Waals surface area contributed by atoms with Crippen molar-refractivity contribution in [1.82, 2.24) is 4.57 Å². The number of furan rings is 1. The summed E-state index contributed by atoms with van der Waals surface area (Å²) >= 11 is 0. The van der Waals surface area contributed by atoms with Crippen molar-refractivity contribution in [2.75, 3.05) is 4.90 Å². The zero-order valence-electron chi connectivity index (χ0n) is 37.3. The third-order valence-corrected chi connectivity index (χ3v) is 15.5. The minimum Gasteiger partial charge on any atom is -0.460 e. The van der Waals surface area contributed by atoms with Crippen molar-refractivity contribution in [2.45, 2.75) is 50.9 Å². The van der Waals surface area contributed by atoms with E-state index in [9.17, 15) is 0 Å². The van der Waals surface area contributed by atoms with Crippen LogP contribution in [0.15, 0.2) is 198 Å². The number of para-hydroxylation sites is 3. The molecule has 1 spiro atoms. The number of aromatic nitrogens is 1. The predicted molar refractivity (Wildman–Crippen MR) is 275 cm³/mol.